The first-order valence-corrected chi connectivity index (χ1v) is 10.3. The van der Waals surface area contributed by atoms with Gasteiger partial charge in [-0.15, -0.1) is 11.3 Å². The van der Waals surface area contributed by atoms with Crippen molar-refractivity contribution in [2.75, 3.05) is 36.6 Å². The third kappa shape index (κ3) is 3.07. The topological polar surface area (TPSA) is 76.3 Å². The van der Waals surface area contributed by atoms with Gasteiger partial charge in [0, 0.05) is 24.0 Å². The molecule has 0 saturated carbocycles. The molecule has 3 heterocycles. The van der Waals surface area contributed by atoms with Crippen LogP contribution >= 0.6 is 27.3 Å². The average molecular weight is 434 g/mol. The van der Waals surface area contributed by atoms with Gasteiger partial charge in [0.2, 0.25) is 5.95 Å². The van der Waals surface area contributed by atoms with Crippen LogP contribution in [-0.2, 0) is 11.2 Å². The first-order valence-electron chi connectivity index (χ1n) is 8.59. The number of anilines is 2. The highest BCUT2D eigenvalue weighted by atomic mass is 79.9. The number of nitrogen functional groups attached to an aromatic ring is 1. The maximum Gasteiger partial charge on any atom is 0.226 e. The minimum Gasteiger partial charge on any atom is -0.378 e. The number of nitrogens with zero attached hydrogens (tertiary/aromatic N) is 3. The summed E-state index contributed by atoms with van der Waals surface area (Å²) in [7, 11) is 0. The van der Waals surface area contributed by atoms with Crippen molar-refractivity contribution in [2.45, 2.75) is 13.3 Å². The van der Waals surface area contributed by atoms with Gasteiger partial charge >= 0.3 is 0 Å². The van der Waals surface area contributed by atoms with Crippen molar-refractivity contribution >= 4 is 49.1 Å². The third-order valence-electron chi connectivity index (χ3n) is 4.59. The first-order chi connectivity index (χ1) is 12.7. The summed E-state index contributed by atoms with van der Waals surface area (Å²) < 4.78 is 7.56. The van der Waals surface area contributed by atoms with Crippen LogP contribution in [0, 0.1) is 0 Å². The fourth-order valence-electron chi connectivity index (χ4n) is 3.29. The Kier molecular flexibility index (Phi) is 5.08. The quantitative estimate of drug-likeness (QED) is 0.481. The van der Waals surface area contributed by atoms with Gasteiger partial charge in [-0.25, -0.2) is 9.97 Å². The van der Waals surface area contributed by atoms with Crippen molar-refractivity contribution in [3.8, 4) is 11.3 Å². The second-order valence-electron chi connectivity index (χ2n) is 6.06. The number of thiophene rings is 1. The molecule has 0 spiro atoms. The Morgan fingerprint density at radius 3 is 2.85 bits per heavy atom. The summed E-state index contributed by atoms with van der Waals surface area (Å²) in [5, 5.41) is 2.07. The zero-order valence-electron chi connectivity index (χ0n) is 14.5. The Balaban J connectivity index is 1.94. The highest BCUT2D eigenvalue weighted by molar-refractivity contribution is 9.10. The SMILES string of the molecule is CCc1c(NN)cccc1-c1nc(N2CCOCC2)nc2c(Br)csc12. The normalized spacial score (nSPS) is 14.8. The van der Waals surface area contributed by atoms with E-state index in [4.69, 9.17) is 20.5 Å². The molecular weight excluding hydrogens is 414 g/mol. The van der Waals surface area contributed by atoms with Gasteiger partial charge in [-0.1, -0.05) is 19.1 Å². The van der Waals surface area contributed by atoms with E-state index in [0.29, 0.717) is 13.2 Å². The highest BCUT2D eigenvalue weighted by Crippen LogP contribution is 2.39. The summed E-state index contributed by atoms with van der Waals surface area (Å²) in [6.07, 6.45) is 0.862. The zero-order valence-corrected chi connectivity index (χ0v) is 16.9. The van der Waals surface area contributed by atoms with Crippen molar-refractivity contribution in [2.24, 2.45) is 5.84 Å². The van der Waals surface area contributed by atoms with Crippen LogP contribution < -0.4 is 16.2 Å². The van der Waals surface area contributed by atoms with Crippen LogP contribution in [0.25, 0.3) is 21.5 Å². The third-order valence-corrected chi connectivity index (χ3v) is 6.48. The van der Waals surface area contributed by atoms with E-state index in [9.17, 15) is 0 Å². The number of hydrazine groups is 1. The molecule has 2 aromatic heterocycles. The minimum atomic E-state index is 0.703. The van der Waals surface area contributed by atoms with Crippen LogP contribution in [0.4, 0.5) is 11.6 Å². The molecule has 0 aliphatic carbocycles. The number of halogens is 1. The van der Waals surface area contributed by atoms with E-state index in [0.717, 1.165) is 62.7 Å². The lowest BCUT2D eigenvalue weighted by molar-refractivity contribution is 0.122. The van der Waals surface area contributed by atoms with Crippen molar-refractivity contribution in [1.29, 1.82) is 0 Å². The van der Waals surface area contributed by atoms with Crippen LogP contribution in [0.5, 0.6) is 0 Å². The predicted molar refractivity (Wildman–Crippen MR) is 111 cm³/mol. The predicted octanol–water partition coefficient (Wildman–Crippen LogP) is 3.81. The molecule has 0 bridgehead atoms. The summed E-state index contributed by atoms with van der Waals surface area (Å²) in [6, 6.07) is 6.11. The van der Waals surface area contributed by atoms with Crippen molar-refractivity contribution < 1.29 is 4.74 Å². The monoisotopic (exact) mass is 433 g/mol. The van der Waals surface area contributed by atoms with Gasteiger partial charge in [0.1, 0.15) is 5.52 Å². The molecule has 136 valence electrons. The van der Waals surface area contributed by atoms with Crippen LogP contribution in [0.1, 0.15) is 12.5 Å². The van der Waals surface area contributed by atoms with Crippen LogP contribution in [0.2, 0.25) is 0 Å². The summed E-state index contributed by atoms with van der Waals surface area (Å²) in [6.45, 7) is 5.14. The summed E-state index contributed by atoms with van der Waals surface area (Å²) in [4.78, 5) is 12.0. The molecule has 1 aliphatic rings. The van der Waals surface area contributed by atoms with Gasteiger partial charge in [-0.3, -0.25) is 5.84 Å². The number of hydrogen-bond donors (Lipinski definition) is 2. The van der Waals surface area contributed by atoms with E-state index in [1.165, 1.54) is 0 Å². The molecule has 6 nitrogen and oxygen atoms in total. The lowest BCUT2D eigenvalue weighted by Gasteiger charge is -2.27. The van der Waals surface area contributed by atoms with Crippen LogP contribution in [0.3, 0.4) is 0 Å². The maximum atomic E-state index is 5.73. The number of nitrogens with two attached hydrogens (primary N) is 1. The standard InChI is InChI=1S/C18H20BrN5OS/c1-2-11-12(4-3-5-14(11)23-20)15-17-16(13(19)10-26-17)22-18(21-15)24-6-8-25-9-7-24/h3-5,10,23H,2,6-9,20H2,1H3. The lowest BCUT2D eigenvalue weighted by Crippen LogP contribution is -2.37. The molecule has 8 heteroatoms. The zero-order chi connectivity index (χ0) is 18.1. The Morgan fingerprint density at radius 2 is 2.12 bits per heavy atom. The van der Waals surface area contributed by atoms with E-state index in [1.54, 1.807) is 11.3 Å². The molecule has 3 N–H and O–H groups in total. The van der Waals surface area contributed by atoms with Gasteiger partial charge in [0.15, 0.2) is 0 Å². The minimum absolute atomic E-state index is 0.703. The average Bonchev–Trinajstić information content (AvgIpc) is 3.08. The van der Waals surface area contributed by atoms with E-state index < -0.39 is 0 Å². The molecule has 4 rings (SSSR count). The van der Waals surface area contributed by atoms with Gasteiger partial charge in [-0.05, 0) is 34.0 Å². The van der Waals surface area contributed by atoms with Gasteiger partial charge in [0.05, 0.1) is 33.8 Å². The second-order valence-corrected chi connectivity index (χ2v) is 7.80. The molecule has 0 radical (unpaired) electrons. The number of benzene rings is 1. The van der Waals surface area contributed by atoms with Gasteiger partial charge in [0.25, 0.3) is 0 Å². The Morgan fingerprint density at radius 1 is 1.31 bits per heavy atom. The number of rotatable bonds is 4. The number of aromatic nitrogens is 2. The van der Waals surface area contributed by atoms with Crippen molar-refractivity contribution in [3.63, 3.8) is 0 Å². The molecule has 3 aromatic rings. The molecule has 0 amide bonds. The summed E-state index contributed by atoms with van der Waals surface area (Å²) in [5.74, 6) is 6.48. The molecule has 26 heavy (non-hydrogen) atoms. The molecule has 0 unspecified atom stereocenters. The molecular formula is C18H20BrN5OS. The van der Waals surface area contributed by atoms with Crippen LogP contribution in [-0.4, -0.2) is 36.3 Å². The Bertz CT molecular complexity index is 939. The molecule has 0 atom stereocenters. The van der Waals surface area contributed by atoms with E-state index in [-0.39, 0.29) is 0 Å². The smallest absolute Gasteiger partial charge is 0.226 e. The van der Waals surface area contributed by atoms with Crippen molar-refractivity contribution in [3.05, 3.63) is 33.6 Å². The lowest BCUT2D eigenvalue weighted by atomic mass is 10.00. The Hall–Kier alpha value is -1.74. The second kappa shape index (κ2) is 7.48. The number of fused-ring (bicyclic) bond motifs is 1. The Labute approximate surface area is 164 Å². The largest absolute Gasteiger partial charge is 0.378 e. The first kappa shape index (κ1) is 17.7. The summed E-state index contributed by atoms with van der Waals surface area (Å²) >= 11 is 5.30. The number of morpholine rings is 1. The van der Waals surface area contributed by atoms with Gasteiger partial charge < -0.3 is 15.1 Å². The highest BCUT2D eigenvalue weighted by Gasteiger charge is 2.21. The number of hydrogen-bond acceptors (Lipinski definition) is 7. The molecule has 1 aliphatic heterocycles. The van der Waals surface area contributed by atoms with Crippen molar-refractivity contribution in [1.82, 2.24) is 9.97 Å². The van der Waals surface area contributed by atoms with Gasteiger partial charge in [-0.2, -0.15) is 0 Å². The number of nitrogens with one attached hydrogen (secondary N) is 1. The fraction of sp³-hybridized carbons (Fsp3) is 0.333. The van der Waals surface area contributed by atoms with Crippen LogP contribution in [0.15, 0.2) is 28.1 Å². The molecule has 1 fully saturated rings. The fourth-order valence-corrected chi connectivity index (χ4v) is 4.86. The molecule has 1 aromatic carbocycles. The molecule has 1 saturated heterocycles. The summed E-state index contributed by atoms with van der Waals surface area (Å²) in [5.41, 5.74) is 7.91. The van der Waals surface area contributed by atoms with E-state index in [2.05, 4.69) is 44.6 Å². The maximum absolute atomic E-state index is 5.73. The number of ether oxygens (including phenoxy) is 1. The van der Waals surface area contributed by atoms with E-state index in [1.807, 2.05) is 12.1 Å². The van der Waals surface area contributed by atoms with E-state index >= 15 is 0 Å².